The molecule has 28 heavy (non-hydrogen) atoms. The lowest BCUT2D eigenvalue weighted by molar-refractivity contribution is -0.137. The number of benzene rings is 1. The number of nitrogens with two attached hydrogens (primary N) is 2. The fourth-order valence-corrected chi connectivity index (χ4v) is 7.86. The summed E-state index contributed by atoms with van der Waals surface area (Å²) in [5, 5.41) is 0. The zero-order chi connectivity index (χ0) is 20.1. The predicted octanol–water partition coefficient (Wildman–Crippen LogP) is 1.97. The average Bonchev–Trinajstić information content (AvgIpc) is 3.35. The molecule has 2 amide bonds. The molecule has 0 aromatic heterocycles. The van der Waals surface area contributed by atoms with Gasteiger partial charge in [0.2, 0.25) is 11.8 Å². The van der Waals surface area contributed by atoms with Gasteiger partial charge in [-0.05, 0) is 36.1 Å². The van der Waals surface area contributed by atoms with Crippen LogP contribution in [0.1, 0.15) is 36.3 Å². The van der Waals surface area contributed by atoms with E-state index in [4.69, 9.17) is 11.5 Å². The number of halogens is 2. The van der Waals surface area contributed by atoms with E-state index in [9.17, 15) is 18.4 Å². The highest BCUT2D eigenvalue weighted by Crippen LogP contribution is 2.52. The third-order valence-corrected chi connectivity index (χ3v) is 9.41. The molecule has 0 radical (unpaired) electrons. The Kier molecular flexibility index (Phi) is 5.35. The molecule has 0 saturated carbocycles. The molecule has 1 aromatic rings. The highest BCUT2D eigenvalue weighted by Gasteiger charge is 2.50. The van der Waals surface area contributed by atoms with Gasteiger partial charge in [-0.2, -0.15) is 0 Å². The summed E-state index contributed by atoms with van der Waals surface area (Å²) < 4.78 is 27.0. The Bertz CT molecular complexity index is 817. The first kappa shape index (κ1) is 20.0. The number of rotatable bonds is 4. The monoisotopic (exact) mass is 427 g/mol. The number of hydrogen-bond donors (Lipinski definition) is 2. The number of thioether (sulfide) groups is 2. The van der Waals surface area contributed by atoms with E-state index in [1.54, 1.807) is 28.4 Å². The van der Waals surface area contributed by atoms with Crippen molar-refractivity contribution in [3.63, 3.8) is 0 Å². The van der Waals surface area contributed by atoms with Crippen molar-refractivity contribution in [3.8, 4) is 0 Å². The van der Waals surface area contributed by atoms with Gasteiger partial charge in [-0.15, -0.1) is 23.5 Å². The van der Waals surface area contributed by atoms with E-state index in [-0.39, 0.29) is 22.3 Å². The Labute approximate surface area is 170 Å². The number of aryl methyl sites for hydroxylation is 1. The predicted molar refractivity (Wildman–Crippen MR) is 107 cm³/mol. The minimum Gasteiger partial charge on any atom is -0.368 e. The van der Waals surface area contributed by atoms with Gasteiger partial charge in [0.15, 0.2) is 11.6 Å². The lowest BCUT2D eigenvalue weighted by atomic mass is 9.91. The molecule has 9 heteroatoms. The summed E-state index contributed by atoms with van der Waals surface area (Å²) in [5.74, 6) is -0.644. The van der Waals surface area contributed by atoms with Crippen LogP contribution in [0.3, 0.4) is 0 Å². The van der Waals surface area contributed by atoms with Crippen LogP contribution in [0, 0.1) is 11.6 Å². The first-order valence-corrected chi connectivity index (χ1v) is 11.4. The molecule has 3 atom stereocenters. The topological polar surface area (TPSA) is 89.4 Å². The Morgan fingerprint density at radius 2 is 1.93 bits per heavy atom. The molecule has 1 aliphatic carbocycles. The maximum Gasteiger partial charge on any atom is 0.240 e. The van der Waals surface area contributed by atoms with Crippen LogP contribution in [0.4, 0.5) is 8.78 Å². The van der Waals surface area contributed by atoms with Crippen molar-refractivity contribution in [2.75, 3.05) is 18.1 Å². The van der Waals surface area contributed by atoms with Crippen LogP contribution in [0.2, 0.25) is 0 Å². The number of amides is 2. The Morgan fingerprint density at radius 3 is 2.61 bits per heavy atom. The summed E-state index contributed by atoms with van der Waals surface area (Å²) in [7, 11) is 0. The Morgan fingerprint density at radius 1 is 1.25 bits per heavy atom. The van der Waals surface area contributed by atoms with Crippen molar-refractivity contribution in [3.05, 3.63) is 34.9 Å². The van der Waals surface area contributed by atoms with E-state index in [0.29, 0.717) is 31.4 Å². The van der Waals surface area contributed by atoms with Gasteiger partial charge >= 0.3 is 0 Å². The van der Waals surface area contributed by atoms with Crippen molar-refractivity contribution in [1.29, 1.82) is 0 Å². The number of likely N-dealkylation sites (tertiary alicyclic amines) is 1. The molecule has 1 spiro atoms. The standard InChI is InChI=1S/C19H23F2N3O2S2/c20-13-5-10-1-2-11(12(10)6-14(13)21)15(22)7-17(25)24-9-19(27-3-4-28-19)8-16(24)18(23)26/h5-6,11,15-16H,1-4,7-9,22H2,(H2,23,26). The molecular formula is C19H23F2N3O2S2. The van der Waals surface area contributed by atoms with E-state index in [0.717, 1.165) is 17.1 Å². The Hall–Kier alpha value is -1.32. The third kappa shape index (κ3) is 3.52. The lowest BCUT2D eigenvalue weighted by Gasteiger charge is -2.27. The van der Waals surface area contributed by atoms with Gasteiger partial charge in [0.1, 0.15) is 6.04 Å². The van der Waals surface area contributed by atoms with Crippen molar-refractivity contribution < 1.29 is 18.4 Å². The van der Waals surface area contributed by atoms with Gasteiger partial charge in [-0.3, -0.25) is 9.59 Å². The van der Waals surface area contributed by atoms with Crippen LogP contribution in [-0.2, 0) is 16.0 Å². The summed E-state index contributed by atoms with van der Waals surface area (Å²) in [6.07, 6.45) is 1.89. The molecule has 3 aliphatic rings. The van der Waals surface area contributed by atoms with E-state index < -0.39 is 29.6 Å². The molecule has 4 rings (SSSR count). The summed E-state index contributed by atoms with van der Waals surface area (Å²) in [5.41, 5.74) is 13.3. The van der Waals surface area contributed by atoms with Gasteiger partial charge in [0.25, 0.3) is 0 Å². The molecule has 4 N–H and O–H groups in total. The second-order valence-corrected chi connectivity index (χ2v) is 10.9. The fourth-order valence-electron chi connectivity index (χ4n) is 4.60. The molecule has 2 fully saturated rings. The minimum absolute atomic E-state index is 0.0539. The minimum atomic E-state index is -0.894. The zero-order valence-corrected chi connectivity index (χ0v) is 17.0. The lowest BCUT2D eigenvalue weighted by Crippen LogP contribution is -2.46. The molecule has 2 heterocycles. The maximum atomic E-state index is 13.7. The second-order valence-electron chi connectivity index (χ2n) is 7.73. The third-order valence-electron chi connectivity index (χ3n) is 5.99. The largest absolute Gasteiger partial charge is 0.368 e. The zero-order valence-electron chi connectivity index (χ0n) is 15.3. The first-order chi connectivity index (χ1) is 13.3. The summed E-state index contributed by atoms with van der Waals surface area (Å²) in [6, 6.07) is 1.30. The van der Waals surface area contributed by atoms with Crippen molar-refractivity contribution in [2.45, 2.75) is 47.8 Å². The van der Waals surface area contributed by atoms with E-state index in [1.165, 1.54) is 12.1 Å². The normalized spacial score (nSPS) is 26.6. The van der Waals surface area contributed by atoms with Gasteiger partial charge in [-0.25, -0.2) is 8.78 Å². The van der Waals surface area contributed by atoms with Crippen LogP contribution >= 0.6 is 23.5 Å². The molecule has 1 aromatic carbocycles. The molecule has 2 saturated heterocycles. The first-order valence-electron chi connectivity index (χ1n) is 9.40. The quantitative estimate of drug-likeness (QED) is 0.767. The molecule has 152 valence electrons. The van der Waals surface area contributed by atoms with E-state index in [1.807, 2.05) is 0 Å². The van der Waals surface area contributed by atoms with Crippen molar-refractivity contribution >= 4 is 35.3 Å². The summed E-state index contributed by atoms with van der Waals surface area (Å²) >= 11 is 3.57. The molecular weight excluding hydrogens is 404 g/mol. The van der Waals surface area contributed by atoms with E-state index >= 15 is 0 Å². The highest BCUT2D eigenvalue weighted by molar-refractivity contribution is 8.21. The second kappa shape index (κ2) is 7.50. The highest BCUT2D eigenvalue weighted by atomic mass is 32.2. The van der Waals surface area contributed by atoms with Crippen LogP contribution in [0.5, 0.6) is 0 Å². The van der Waals surface area contributed by atoms with Crippen LogP contribution in [-0.4, -0.2) is 50.9 Å². The van der Waals surface area contributed by atoms with Crippen LogP contribution < -0.4 is 11.5 Å². The number of primary amides is 1. The SMILES string of the molecule is NC(=O)C1CC2(CN1C(=O)CC(N)C1CCc3cc(F)c(F)cc31)SCCS2. The number of carbonyl (C=O) groups is 2. The number of carbonyl (C=O) groups excluding carboxylic acids is 2. The van der Waals surface area contributed by atoms with Gasteiger partial charge in [0.05, 0.1) is 4.08 Å². The number of hydrogen-bond acceptors (Lipinski definition) is 5. The smallest absolute Gasteiger partial charge is 0.240 e. The summed E-state index contributed by atoms with van der Waals surface area (Å²) in [4.78, 5) is 26.5. The molecule has 5 nitrogen and oxygen atoms in total. The molecule has 0 bridgehead atoms. The van der Waals surface area contributed by atoms with Gasteiger partial charge < -0.3 is 16.4 Å². The number of nitrogens with zero attached hydrogens (tertiary/aromatic N) is 1. The maximum absolute atomic E-state index is 13.7. The number of fused-ring (bicyclic) bond motifs is 1. The Balaban J connectivity index is 1.48. The molecule has 2 aliphatic heterocycles. The van der Waals surface area contributed by atoms with E-state index in [2.05, 4.69) is 0 Å². The van der Waals surface area contributed by atoms with Crippen LogP contribution in [0.25, 0.3) is 0 Å². The summed E-state index contributed by atoms with van der Waals surface area (Å²) in [6.45, 7) is 0.489. The average molecular weight is 428 g/mol. The van der Waals surface area contributed by atoms with Gasteiger partial charge in [0, 0.05) is 42.9 Å². The van der Waals surface area contributed by atoms with Crippen molar-refractivity contribution in [2.24, 2.45) is 11.5 Å². The fraction of sp³-hybridized carbons (Fsp3) is 0.579. The molecule has 3 unspecified atom stereocenters. The van der Waals surface area contributed by atoms with Crippen molar-refractivity contribution in [1.82, 2.24) is 4.90 Å². The van der Waals surface area contributed by atoms with Gasteiger partial charge in [-0.1, -0.05) is 0 Å². The van der Waals surface area contributed by atoms with Crippen LogP contribution in [0.15, 0.2) is 12.1 Å².